The van der Waals surface area contributed by atoms with E-state index in [1.165, 1.54) is 11.1 Å². The molecule has 2 heteroatoms. The van der Waals surface area contributed by atoms with E-state index in [-0.39, 0.29) is 5.41 Å². The average molecular weight is 214 g/mol. The molecule has 2 rings (SSSR count). The van der Waals surface area contributed by atoms with Crippen molar-refractivity contribution in [2.24, 2.45) is 5.41 Å². The Morgan fingerprint density at radius 1 is 1.44 bits per heavy atom. The van der Waals surface area contributed by atoms with Crippen molar-refractivity contribution in [2.75, 3.05) is 6.54 Å². The quantitative estimate of drug-likeness (QED) is 0.839. The van der Waals surface area contributed by atoms with Gasteiger partial charge in [-0.3, -0.25) is 0 Å². The molecule has 1 N–H and O–H groups in total. The van der Waals surface area contributed by atoms with Gasteiger partial charge in [0.1, 0.15) is 0 Å². The summed E-state index contributed by atoms with van der Waals surface area (Å²) in [6.07, 6.45) is 2.31. The molecule has 0 spiro atoms. The summed E-state index contributed by atoms with van der Waals surface area (Å²) in [6.45, 7) is 4.70. The van der Waals surface area contributed by atoms with E-state index in [9.17, 15) is 0 Å². The molecular formula is C14H18N2. The molecule has 16 heavy (non-hydrogen) atoms. The highest BCUT2D eigenvalue weighted by Crippen LogP contribution is 2.31. The standard InChI is InChI=1S/C14H18N2/c1-14(2,9-15)10-16-13-8-7-11-5-3-4-6-12(11)13/h3-6,13,16H,7-8,10H2,1-2H3. The SMILES string of the molecule is CC(C)(C#N)CNC1CCc2ccccc21. The van der Waals surface area contributed by atoms with E-state index in [0.29, 0.717) is 6.04 Å². The second-order valence-corrected chi connectivity index (χ2v) is 5.17. The Morgan fingerprint density at radius 2 is 2.19 bits per heavy atom. The zero-order chi connectivity index (χ0) is 11.6. The lowest BCUT2D eigenvalue weighted by molar-refractivity contribution is 0.403. The van der Waals surface area contributed by atoms with Gasteiger partial charge in [0.25, 0.3) is 0 Å². The third-order valence-electron chi connectivity index (χ3n) is 3.23. The van der Waals surface area contributed by atoms with Crippen molar-refractivity contribution in [2.45, 2.75) is 32.7 Å². The molecule has 1 aliphatic carbocycles. The molecular weight excluding hydrogens is 196 g/mol. The van der Waals surface area contributed by atoms with E-state index in [1.54, 1.807) is 0 Å². The first-order valence-corrected chi connectivity index (χ1v) is 5.85. The average Bonchev–Trinajstić information content (AvgIpc) is 2.70. The third-order valence-corrected chi connectivity index (χ3v) is 3.23. The van der Waals surface area contributed by atoms with Gasteiger partial charge < -0.3 is 5.32 Å². The molecule has 2 nitrogen and oxygen atoms in total. The van der Waals surface area contributed by atoms with Crippen LogP contribution in [0.1, 0.15) is 37.4 Å². The summed E-state index contributed by atoms with van der Waals surface area (Å²) in [4.78, 5) is 0. The van der Waals surface area contributed by atoms with Crippen LogP contribution in [0.15, 0.2) is 24.3 Å². The summed E-state index contributed by atoms with van der Waals surface area (Å²) in [5.41, 5.74) is 2.59. The van der Waals surface area contributed by atoms with E-state index in [0.717, 1.165) is 19.4 Å². The van der Waals surface area contributed by atoms with E-state index >= 15 is 0 Å². The van der Waals surface area contributed by atoms with Crippen LogP contribution in [0, 0.1) is 16.7 Å². The first kappa shape index (κ1) is 11.2. The van der Waals surface area contributed by atoms with Gasteiger partial charge in [-0.15, -0.1) is 0 Å². The molecule has 1 aromatic rings. The van der Waals surface area contributed by atoms with Gasteiger partial charge in [0.15, 0.2) is 0 Å². The Balaban J connectivity index is 2.02. The number of nitriles is 1. The number of hydrogen-bond donors (Lipinski definition) is 1. The molecule has 0 aromatic heterocycles. The zero-order valence-electron chi connectivity index (χ0n) is 9.96. The van der Waals surface area contributed by atoms with Crippen molar-refractivity contribution >= 4 is 0 Å². The number of nitrogens with one attached hydrogen (secondary N) is 1. The van der Waals surface area contributed by atoms with Crippen LogP contribution in [0.25, 0.3) is 0 Å². The van der Waals surface area contributed by atoms with Crippen molar-refractivity contribution in [1.29, 1.82) is 5.26 Å². The van der Waals surface area contributed by atoms with Gasteiger partial charge in [0, 0.05) is 12.6 Å². The van der Waals surface area contributed by atoms with E-state index in [4.69, 9.17) is 5.26 Å². The van der Waals surface area contributed by atoms with Crippen molar-refractivity contribution in [3.8, 4) is 6.07 Å². The minimum Gasteiger partial charge on any atom is -0.308 e. The molecule has 0 amide bonds. The van der Waals surface area contributed by atoms with Crippen LogP contribution < -0.4 is 5.32 Å². The Hall–Kier alpha value is -1.33. The summed E-state index contributed by atoms with van der Waals surface area (Å²) in [5.74, 6) is 0. The van der Waals surface area contributed by atoms with Crippen LogP contribution >= 0.6 is 0 Å². The molecule has 0 heterocycles. The van der Waals surface area contributed by atoms with Crippen molar-refractivity contribution < 1.29 is 0 Å². The molecule has 0 saturated carbocycles. The highest BCUT2D eigenvalue weighted by molar-refractivity contribution is 5.34. The number of rotatable bonds is 3. The molecule has 1 atom stereocenters. The second-order valence-electron chi connectivity index (χ2n) is 5.17. The molecule has 0 bridgehead atoms. The molecule has 0 radical (unpaired) electrons. The van der Waals surface area contributed by atoms with E-state index < -0.39 is 0 Å². The molecule has 84 valence electrons. The minimum absolute atomic E-state index is 0.280. The largest absolute Gasteiger partial charge is 0.308 e. The van der Waals surface area contributed by atoms with Crippen LogP contribution in [0.5, 0.6) is 0 Å². The summed E-state index contributed by atoms with van der Waals surface area (Å²) < 4.78 is 0. The summed E-state index contributed by atoms with van der Waals surface area (Å²) in [7, 11) is 0. The van der Waals surface area contributed by atoms with Crippen LogP contribution in [-0.4, -0.2) is 6.54 Å². The highest BCUT2D eigenvalue weighted by Gasteiger charge is 2.24. The lowest BCUT2D eigenvalue weighted by Crippen LogP contribution is -2.30. The molecule has 1 aliphatic rings. The van der Waals surface area contributed by atoms with Crippen LogP contribution in [0.4, 0.5) is 0 Å². The summed E-state index contributed by atoms with van der Waals surface area (Å²) in [5, 5.41) is 12.5. The van der Waals surface area contributed by atoms with Gasteiger partial charge in [-0.25, -0.2) is 0 Å². The molecule has 0 aliphatic heterocycles. The van der Waals surface area contributed by atoms with Crippen LogP contribution in [-0.2, 0) is 6.42 Å². The predicted molar refractivity (Wildman–Crippen MR) is 64.9 cm³/mol. The predicted octanol–water partition coefficient (Wildman–Crippen LogP) is 2.81. The Labute approximate surface area is 97.3 Å². The fourth-order valence-electron chi connectivity index (χ4n) is 2.19. The third kappa shape index (κ3) is 2.25. The number of benzene rings is 1. The monoisotopic (exact) mass is 214 g/mol. The van der Waals surface area contributed by atoms with Gasteiger partial charge in [-0.05, 0) is 37.8 Å². The van der Waals surface area contributed by atoms with Crippen LogP contribution in [0.3, 0.4) is 0 Å². The maximum absolute atomic E-state index is 8.97. The van der Waals surface area contributed by atoms with Crippen molar-refractivity contribution in [3.63, 3.8) is 0 Å². The molecule has 0 saturated heterocycles. The summed E-state index contributed by atoms with van der Waals surface area (Å²) in [6, 6.07) is 11.3. The van der Waals surface area contributed by atoms with E-state index in [2.05, 4.69) is 35.7 Å². The second kappa shape index (κ2) is 4.27. The fraction of sp³-hybridized carbons (Fsp3) is 0.500. The van der Waals surface area contributed by atoms with Gasteiger partial charge in [-0.1, -0.05) is 24.3 Å². The number of hydrogen-bond acceptors (Lipinski definition) is 2. The number of fused-ring (bicyclic) bond motifs is 1. The normalized spacial score (nSPS) is 19.2. The van der Waals surface area contributed by atoms with Gasteiger partial charge in [0.2, 0.25) is 0 Å². The zero-order valence-corrected chi connectivity index (χ0v) is 9.96. The Morgan fingerprint density at radius 3 is 2.94 bits per heavy atom. The topological polar surface area (TPSA) is 35.8 Å². The fourth-order valence-corrected chi connectivity index (χ4v) is 2.19. The lowest BCUT2D eigenvalue weighted by Gasteiger charge is -2.20. The first-order chi connectivity index (χ1) is 7.62. The Bertz CT molecular complexity index is 415. The smallest absolute Gasteiger partial charge is 0.0697 e. The maximum Gasteiger partial charge on any atom is 0.0697 e. The first-order valence-electron chi connectivity index (χ1n) is 5.85. The number of aryl methyl sites for hydroxylation is 1. The maximum atomic E-state index is 8.97. The molecule has 0 fully saturated rings. The Kier molecular flexibility index (Phi) is 2.98. The van der Waals surface area contributed by atoms with Gasteiger partial charge >= 0.3 is 0 Å². The van der Waals surface area contributed by atoms with Gasteiger partial charge in [0.05, 0.1) is 11.5 Å². The van der Waals surface area contributed by atoms with Crippen molar-refractivity contribution in [1.82, 2.24) is 5.32 Å². The lowest BCUT2D eigenvalue weighted by atomic mass is 9.95. The van der Waals surface area contributed by atoms with Gasteiger partial charge in [-0.2, -0.15) is 5.26 Å². The summed E-state index contributed by atoms with van der Waals surface area (Å²) >= 11 is 0. The number of nitrogens with zero attached hydrogens (tertiary/aromatic N) is 1. The highest BCUT2D eigenvalue weighted by atomic mass is 14.9. The van der Waals surface area contributed by atoms with Crippen LogP contribution in [0.2, 0.25) is 0 Å². The molecule has 1 aromatic carbocycles. The van der Waals surface area contributed by atoms with E-state index in [1.807, 2.05) is 13.8 Å². The van der Waals surface area contributed by atoms with Crippen molar-refractivity contribution in [3.05, 3.63) is 35.4 Å². The minimum atomic E-state index is -0.280. The molecule has 1 unspecified atom stereocenters.